The summed E-state index contributed by atoms with van der Waals surface area (Å²) in [7, 11) is 0. The minimum atomic E-state index is -0.0498. The zero-order chi connectivity index (χ0) is 7.56. The Morgan fingerprint density at radius 1 is 1.80 bits per heavy atom. The summed E-state index contributed by atoms with van der Waals surface area (Å²) in [6.07, 6.45) is 2.58. The standard InChI is InChI=1S/C7H12BrNO/c1-5(8)7(10)9-4-6-2-3-6/h5-6H,2-4H2,1H3,(H,9,10)/t5-/m1/s1. The number of carbonyl (C=O) groups is 1. The quantitative estimate of drug-likeness (QED) is 0.692. The fraction of sp³-hybridized carbons (Fsp3) is 0.857. The van der Waals surface area contributed by atoms with Crippen LogP contribution < -0.4 is 5.32 Å². The number of rotatable bonds is 3. The van der Waals surface area contributed by atoms with Crippen molar-refractivity contribution in [1.29, 1.82) is 0 Å². The second kappa shape index (κ2) is 3.37. The summed E-state index contributed by atoms with van der Waals surface area (Å²) in [6, 6.07) is 0. The molecule has 0 saturated heterocycles. The Morgan fingerprint density at radius 2 is 2.40 bits per heavy atom. The van der Waals surface area contributed by atoms with E-state index in [0.717, 1.165) is 12.5 Å². The molecular weight excluding hydrogens is 194 g/mol. The van der Waals surface area contributed by atoms with Gasteiger partial charge in [-0.25, -0.2) is 0 Å². The van der Waals surface area contributed by atoms with Gasteiger partial charge in [-0.2, -0.15) is 0 Å². The van der Waals surface area contributed by atoms with E-state index >= 15 is 0 Å². The van der Waals surface area contributed by atoms with E-state index in [9.17, 15) is 4.79 Å². The van der Waals surface area contributed by atoms with Crippen LogP contribution in [-0.4, -0.2) is 17.3 Å². The van der Waals surface area contributed by atoms with Crippen LogP contribution >= 0.6 is 15.9 Å². The first-order valence-corrected chi connectivity index (χ1v) is 4.53. The van der Waals surface area contributed by atoms with E-state index in [0.29, 0.717) is 0 Å². The van der Waals surface area contributed by atoms with Crippen molar-refractivity contribution in [3.63, 3.8) is 0 Å². The van der Waals surface area contributed by atoms with Crippen molar-refractivity contribution in [2.75, 3.05) is 6.54 Å². The Hall–Kier alpha value is -0.0500. The number of halogens is 1. The number of hydrogen-bond acceptors (Lipinski definition) is 1. The summed E-state index contributed by atoms with van der Waals surface area (Å²) in [5.74, 6) is 0.877. The number of carbonyl (C=O) groups excluding carboxylic acids is 1. The van der Waals surface area contributed by atoms with Gasteiger partial charge in [0.15, 0.2) is 0 Å². The third kappa shape index (κ3) is 2.69. The molecule has 1 rings (SSSR count). The molecule has 10 heavy (non-hydrogen) atoms. The molecule has 1 amide bonds. The van der Waals surface area contributed by atoms with Crippen molar-refractivity contribution in [1.82, 2.24) is 5.32 Å². The van der Waals surface area contributed by atoms with Crippen LogP contribution in [0.5, 0.6) is 0 Å². The van der Waals surface area contributed by atoms with Crippen LogP contribution in [0.15, 0.2) is 0 Å². The Morgan fingerprint density at radius 3 is 2.80 bits per heavy atom. The fourth-order valence-corrected chi connectivity index (χ4v) is 0.869. The van der Waals surface area contributed by atoms with Gasteiger partial charge in [-0.3, -0.25) is 4.79 Å². The van der Waals surface area contributed by atoms with Crippen molar-refractivity contribution in [3.8, 4) is 0 Å². The van der Waals surface area contributed by atoms with E-state index in [1.54, 1.807) is 0 Å². The third-order valence-corrected chi connectivity index (χ3v) is 2.04. The van der Waals surface area contributed by atoms with E-state index in [1.165, 1.54) is 12.8 Å². The lowest BCUT2D eigenvalue weighted by Crippen LogP contribution is -2.30. The zero-order valence-electron chi connectivity index (χ0n) is 6.06. The first kappa shape index (κ1) is 8.05. The monoisotopic (exact) mass is 205 g/mol. The molecule has 58 valence electrons. The average Bonchev–Trinajstić information content (AvgIpc) is 2.64. The van der Waals surface area contributed by atoms with E-state index in [4.69, 9.17) is 0 Å². The molecule has 1 fully saturated rings. The number of nitrogens with one attached hydrogen (secondary N) is 1. The van der Waals surface area contributed by atoms with Gasteiger partial charge in [0.05, 0.1) is 4.83 Å². The highest BCUT2D eigenvalue weighted by Crippen LogP contribution is 2.27. The van der Waals surface area contributed by atoms with E-state index in [-0.39, 0.29) is 10.7 Å². The highest BCUT2D eigenvalue weighted by atomic mass is 79.9. The van der Waals surface area contributed by atoms with Gasteiger partial charge >= 0.3 is 0 Å². The predicted octanol–water partition coefficient (Wildman–Crippen LogP) is 1.30. The molecule has 1 atom stereocenters. The third-order valence-electron chi connectivity index (χ3n) is 1.62. The average molecular weight is 206 g/mol. The molecule has 1 aliphatic carbocycles. The molecule has 3 heteroatoms. The molecular formula is C7H12BrNO. The summed E-state index contributed by atoms with van der Waals surface area (Å²) >= 11 is 3.20. The fourth-order valence-electron chi connectivity index (χ4n) is 0.708. The molecule has 1 saturated carbocycles. The molecule has 0 aromatic heterocycles. The molecule has 2 nitrogen and oxygen atoms in total. The van der Waals surface area contributed by atoms with E-state index in [2.05, 4.69) is 21.2 Å². The first-order valence-electron chi connectivity index (χ1n) is 3.62. The topological polar surface area (TPSA) is 29.1 Å². The van der Waals surface area contributed by atoms with Crippen LogP contribution in [0.2, 0.25) is 0 Å². The SMILES string of the molecule is C[C@@H](Br)C(=O)NCC1CC1. The van der Waals surface area contributed by atoms with Crippen molar-refractivity contribution in [2.24, 2.45) is 5.92 Å². The second-order valence-corrected chi connectivity index (χ2v) is 4.18. The van der Waals surface area contributed by atoms with Gasteiger partial charge in [0, 0.05) is 6.54 Å². The predicted molar refractivity (Wildman–Crippen MR) is 44.1 cm³/mol. The van der Waals surface area contributed by atoms with Crippen LogP contribution in [0.3, 0.4) is 0 Å². The Bertz CT molecular complexity index is 132. The second-order valence-electron chi connectivity index (χ2n) is 2.80. The lowest BCUT2D eigenvalue weighted by molar-refractivity contribution is -0.120. The summed E-state index contributed by atoms with van der Waals surface area (Å²) in [5.41, 5.74) is 0. The maximum atomic E-state index is 10.9. The number of hydrogen-bond donors (Lipinski definition) is 1. The van der Waals surface area contributed by atoms with E-state index < -0.39 is 0 Å². The van der Waals surface area contributed by atoms with E-state index in [1.807, 2.05) is 6.92 Å². The largest absolute Gasteiger partial charge is 0.355 e. The van der Waals surface area contributed by atoms with Crippen LogP contribution in [0.1, 0.15) is 19.8 Å². The summed E-state index contributed by atoms with van der Waals surface area (Å²) in [5, 5.41) is 2.86. The van der Waals surface area contributed by atoms with Crippen LogP contribution in [0.4, 0.5) is 0 Å². The maximum Gasteiger partial charge on any atom is 0.233 e. The molecule has 0 spiro atoms. The normalized spacial score (nSPS) is 20.2. The molecule has 0 aromatic carbocycles. The summed E-state index contributed by atoms with van der Waals surface area (Å²) < 4.78 is 0. The highest BCUT2D eigenvalue weighted by Gasteiger charge is 2.22. The first-order chi connectivity index (χ1) is 4.70. The van der Waals surface area contributed by atoms with Crippen molar-refractivity contribution in [2.45, 2.75) is 24.6 Å². The number of amides is 1. The summed E-state index contributed by atoms with van der Waals surface area (Å²) in [4.78, 5) is 10.9. The van der Waals surface area contributed by atoms with Crippen molar-refractivity contribution in [3.05, 3.63) is 0 Å². The minimum absolute atomic E-state index is 0.0498. The Labute approximate surface area is 69.5 Å². The maximum absolute atomic E-state index is 10.9. The smallest absolute Gasteiger partial charge is 0.233 e. The van der Waals surface area contributed by atoms with Gasteiger partial charge in [0.2, 0.25) is 5.91 Å². The van der Waals surface area contributed by atoms with Gasteiger partial charge in [-0.1, -0.05) is 15.9 Å². The molecule has 1 aliphatic rings. The summed E-state index contributed by atoms with van der Waals surface area (Å²) in [6.45, 7) is 2.71. The molecule has 0 aromatic rings. The molecule has 0 radical (unpaired) electrons. The van der Waals surface area contributed by atoms with Gasteiger partial charge in [-0.05, 0) is 25.7 Å². The molecule has 0 unspecified atom stereocenters. The van der Waals surface area contributed by atoms with Crippen molar-refractivity contribution < 1.29 is 4.79 Å². The molecule has 0 heterocycles. The van der Waals surface area contributed by atoms with Crippen LogP contribution in [-0.2, 0) is 4.79 Å². The molecule has 1 N–H and O–H groups in total. The molecule has 0 bridgehead atoms. The van der Waals surface area contributed by atoms with Gasteiger partial charge in [0.25, 0.3) is 0 Å². The molecule has 0 aliphatic heterocycles. The van der Waals surface area contributed by atoms with Crippen molar-refractivity contribution >= 4 is 21.8 Å². The lowest BCUT2D eigenvalue weighted by Gasteiger charge is -2.04. The van der Waals surface area contributed by atoms with Crippen LogP contribution in [0, 0.1) is 5.92 Å². The van der Waals surface area contributed by atoms with Gasteiger partial charge in [-0.15, -0.1) is 0 Å². The highest BCUT2D eigenvalue weighted by molar-refractivity contribution is 9.10. The van der Waals surface area contributed by atoms with Crippen LogP contribution in [0.25, 0.3) is 0 Å². The Balaban J connectivity index is 2.05. The zero-order valence-corrected chi connectivity index (χ0v) is 7.65. The van der Waals surface area contributed by atoms with Gasteiger partial charge in [0.1, 0.15) is 0 Å². The van der Waals surface area contributed by atoms with Gasteiger partial charge < -0.3 is 5.32 Å². The number of alkyl halides is 1. The Kier molecular flexibility index (Phi) is 2.72. The minimum Gasteiger partial charge on any atom is -0.355 e. The lowest BCUT2D eigenvalue weighted by atomic mass is 10.4.